The summed E-state index contributed by atoms with van der Waals surface area (Å²) in [5.41, 5.74) is 11.3. The molecule has 0 radical (unpaired) electrons. The highest BCUT2D eigenvalue weighted by Crippen LogP contribution is 2.41. The molecule has 178 valence electrons. The number of hydrazine groups is 1. The molecule has 8 heteroatoms. The zero-order valence-electron chi connectivity index (χ0n) is 18.9. The Morgan fingerprint density at radius 1 is 1.03 bits per heavy atom. The van der Waals surface area contributed by atoms with E-state index in [9.17, 15) is 19.0 Å². The molecule has 5 N–H and O–H groups in total. The quantitative estimate of drug-likeness (QED) is 0.252. The zero-order chi connectivity index (χ0) is 24.5. The molecule has 2 heterocycles. The molecule has 0 bridgehead atoms. The molecule has 1 aliphatic rings. The molecule has 1 aromatic heterocycles. The Balaban J connectivity index is 1.64. The van der Waals surface area contributed by atoms with Crippen LogP contribution in [0, 0.1) is 11.6 Å². The van der Waals surface area contributed by atoms with E-state index in [2.05, 4.69) is 21.2 Å². The predicted octanol–water partition coefficient (Wildman–Crippen LogP) is 5.54. The fraction of sp³-hybridized carbons (Fsp3) is 0.148. The van der Waals surface area contributed by atoms with Crippen molar-refractivity contribution in [2.75, 3.05) is 17.3 Å². The number of fused-ring (bicyclic) bond motifs is 1. The first-order valence-corrected chi connectivity index (χ1v) is 11.2. The summed E-state index contributed by atoms with van der Waals surface area (Å²) in [5, 5.41) is 23.7. The van der Waals surface area contributed by atoms with Crippen molar-refractivity contribution in [1.82, 2.24) is 10.4 Å². The van der Waals surface area contributed by atoms with E-state index in [1.54, 1.807) is 6.07 Å². The second kappa shape index (κ2) is 9.32. The second-order valence-electron chi connectivity index (χ2n) is 8.49. The third-order valence-electron chi connectivity index (χ3n) is 6.15. The zero-order valence-corrected chi connectivity index (χ0v) is 18.9. The number of aliphatic hydroxyl groups is 1. The normalized spacial score (nSPS) is 15.4. The van der Waals surface area contributed by atoms with Gasteiger partial charge in [0.15, 0.2) is 11.6 Å². The first-order valence-electron chi connectivity index (χ1n) is 11.2. The number of nitrogens with one attached hydrogen (secondary N) is 3. The van der Waals surface area contributed by atoms with Crippen LogP contribution < -0.4 is 16.2 Å². The molecule has 1 aliphatic heterocycles. The topological polar surface area (TPSA) is 89.4 Å². The van der Waals surface area contributed by atoms with Crippen molar-refractivity contribution in [1.29, 1.82) is 0 Å². The molecule has 0 saturated carbocycles. The fourth-order valence-corrected chi connectivity index (χ4v) is 4.31. The minimum atomic E-state index is -1.06. The van der Waals surface area contributed by atoms with Crippen molar-refractivity contribution in [3.8, 4) is 28.1 Å². The third-order valence-corrected chi connectivity index (χ3v) is 6.15. The fourth-order valence-electron chi connectivity index (χ4n) is 4.31. The van der Waals surface area contributed by atoms with E-state index in [4.69, 9.17) is 0 Å². The first kappa shape index (κ1) is 22.8. The number of aromatic nitrogens is 1. The van der Waals surface area contributed by atoms with E-state index in [-0.39, 0.29) is 29.9 Å². The van der Waals surface area contributed by atoms with E-state index >= 15 is 0 Å². The minimum absolute atomic E-state index is 0.0457. The van der Waals surface area contributed by atoms with Gasteiger partial charge < -0.3 is 21.0 Å². The number of aromatic hydroxyl groups is 1. The molecule has 0 aliphatic carbocycles. The van der Waals surface area contributed by atoms with Crippen molar-refractivity contribution >= 4 is 11.4 Å². The number of aliphatic hydroxyl groups excluding tert-OH is 1. The molecule has 0 fully saturated rings. The van der Waals surface area contributed by atoms with Gasteiger partial charge in [0.2, 0.25) is 0 Å². The van der Waals surface area contributed by atoms with Crippen LogP contribution >= 0.6 is 0 Å². The lowest BCUT2D eigenvalue weighted by molar-refractivity contribution is 0.276. The summed E-state index contributed by atoms with van der Waals surface area (Å²) in [4.78, 5) is 4.49. The van der Waals surface area contributed by atoms with Gasteiger partial charge in [-0.05, 0) is 47.9 Å². The van der Waals surface area contributed by atoms with Gasteiger partial charge in [0.25, 0.3) is 0 Å². The summed E-state index contributed by atoms with van der Waals surface area (Å²) in [7, 11) is 0. The lowest BCUT2D eigenvalue weighted by Crippen LogP contribution is -2.15. The van der Waals surface area contributed by atoms with Gasteiger partial charge in [-0.2, -0.15) is 0 Å². The number of rotatable bonds is 6. The van der Waals surface area contributed by atoms with E-state index < -0.39 is 17.4 Å². The first-order chi connectivity index (χ1) is 16.9. The number of phenols is 1. The molecule has 0 amide bonds. The van der Waals surface area contributed by atoms with Crippen molar-refractivity contribution in [3.63, 3.8) is 0 Å². The molecular weight excluding hydrogens is 450 g/mol. The minimum Gasteiger partial charge on any atom is -0.504 e. The highest BCUT2D eigenvalue weighted by Gasteiger charge is 2.22. The molecule has 0 saturated heterocycles. The Kier molecular flexibility index (Phi) is 6.07. The van der Waals surface area contributed by atoms with Gasteiger partial charge in [0, 0.05) is 17.2 Å². The molecule has 4 aromatic rings. The van der Waals surface area contributed by atoms with Crippen molar-refractivity contribution in [2.45, 2.75) is 19.0 Å². The highest BCUT2D eigenvalue weighted by atomic mass is 19.1. The van der Waals surface area contributed by atoms with Crippen molar-refractivity contribution in [2.24, 2.45) is 0 Å². The summed E-state index contributed by atoms with van der Waals surface area (Å²) in [6.45, 7) is 1.87. The Bertz CT molecular complexity index is 1380. The molecule has 35 heavy (non-hydrogen) atoms. The lowest BCUT2D eigenvalue weighted by atomic mass is 9.95. The van der Waals surface area contributed by atoms with E-state index in [1.807, 2.05) is 55.5 Å². The Morgan fingerprint density at radius 2 is 1.83 bits per heavy atom. The standard InChI is InChI=1S/C27H24F2N4O2/c1-15-20-9-17(7-8-24(20)33-32-15)21-12-19(31-25(14-34)16-5-3-2-4-6-16)13-30-26(21)22-10-18(28)11-23(29)27(22)35/h2-13,15,25,31-35H,14H2,1H3. The van der Waals surface area contributed by atoms with Gasteiger partial charge in [0.1, 0.15) is 5.82 Å². The molecule has 3 aromatic carbocycles. The summed E-state index contributed by atoms with van der Waals surface area (Å²) in [6, 6.07) is 18.4. The SMILES string of the molecule is CC1NNc2ccc(-c3cc(NC(CO)c4ccccc4)cnc3-c3cc(F)cc(F)c3O)cc21. The van der Waals surface area contributed by atoms with Crippen LogP contribution in [-0.4, -0.2) is 21.8 Å². The predicted molar refractivity (Wildman–Crippen MR) is 132 cm³/mol. The van der Waals surface area contributed by atoms with Crippen LogP contribution in [0.25, 0.3) is 22.4 Å². The van der Waals surface area contributed by atoms with E-state index in [0.29, 0.717) is 17.3 Å². The summed E-state index contributed by atoms with van der Waals surface area (Å²) in [5.74, 6) is -2.54. The Hall–Kier alpha value is -4.01. The van der Waals surface area contributed by atoms with E-state index in [1.165, 1.54) is 6.20 Å². The van der Waals surface area contributed by atoms with Crippen LogP contribution in [0.15, 0.2) is 72.9 Å². The van der Waals surface area contributed by atoms with E-state index in [0.717, 1.165) is 28.4 Å². The lowest BCUT2D eigenvalue weighted by Gasteiger charge is -2.20. The number of halogens is 2. The van der Waals surface area contributed by atoms with Gasteiger partial charge >= 0.3 is 0 Å². The molecule has 2 atom stereocenters. The number of benzene rings is 3. The second-order valence-corrected chi connectivity index (χ2v) is 8.49. The van der Waals surface area contributed by atoms with Crippen LogP contribution in [0.2, 0.25) is 0 Å². The van der Waals surface area contributed by atoms with Gasteiger partial charge in [-0.3, -0.25) is 4.98 Å². The number of pyridine rings is 1. The van der Waals surface area contributed by atoms with Gasteiger partial charge in [-0.15, -0.1) is 0 Å². The van der Waals surface area contributed by atoms with Gasteiger partial charge in [-0.1, -0.05) is 36.4 Å². The Morgan fingerprint density at radius 3 is 2.60 bits per heavy atom. The monoisotopic (exact) mass is 474 g/mol. The number of nitrogens with zero attached hydrogens (tertiary/aromatic N) is 1. The third kappa shape index (κ3) is 4.41. The van der Waals surface area contributed by atoms with Gasteiger partial charge in [-0.25, -0.2) is 14.2 Å². The smallest absolute Gasteiger partial charge is 0.168 e. The molecule has 6 nitrogen and oxygen atoms in total. The maximum atomic E-state index is 14.2. The molecule has 5 rings (SSSR count). The van der Waals surface area contributed by atoms with Gasteiger partial charge in [0.05, 0.1) is 42.0 Å². The largest absolute Gasteiger partial charge is 0.504 e. The van der Waals surface area contributed by atoms with Crippen molar-refractivity contribution in [3.05, 3.63) is 95.7 Å². The molecular formula is C27H24F2N4O2. The summed E-state index contributed by atoms with van der Waals surface area (Å²) < 4.78 is 28.3. The molecule has 2 unspecified atom stereocenters. The van der Waals surface area contributed by atoms with Crippen LogP contribution in [0.1, 0.15) is 30.1 Å². The van der Waals surface area contributed by atoms with Crippen LogP contribution in [0.5, 0.6) is 5.75 Å². The van der Waals surface area contributed by atoms with Crippen molar-refractivity contribution < 1.29 is 19.0 Å². The maximum absolute atomic E-state index is 14.2. The summed E-state index contributed by atoms with van der Waals surface area (Å²) in [6.07, 6.45) is 1.52. The average Bonchev–Trinajstić information content (AvgIpc) is 3.25. The highest BCUT2D eigenvalue weighted by molar-refractivity contribution is 5.86. The number of anilines is 2. The number of hydrogen-bond donors (Lipinski definition) is 5. The number of hydrogen-bond acceptors (Lipinski definition) is 6. The molecule has 0 spiro atoms. The maximum Gasteiger partial charge on any atom is 0.168 e. The summed E-state index contributed by atoms with van der Waals surface area (Å²) >= 11 is 0. The Labute approximate surface area is 201 Å². The number of phenolic OH excluding ortho intramolecular Hbond substituents is 1. The van der Waals surface area contributed by atoms with Crippen LogP contribution in [0.4, 0.5) is 20.2 Å². The van der Waals surface area contributed by atoms with Crippen LogP contribution in [-0.2, 0) is 0 Å². The van der Waals surface area contributed by atoms with Crippen LogP contribution in [0.3, 0.4) is 0 Å². The average molecular weight is 475 g/mol.